The lowest BCUT2D eigenvalue weighted by Crippen LogP contribution is -2.29. The van der Waals surface area contributed by atoms with E-state index in [1.165, 1.54) is 5.48 Å². The van der Waals surface area contributed by atoms with Gasteiger partial charge in [-0.1, -0.05) is 24.3 Å². The summed E-state index contributed by atoms with van der Waals surface area (Å²) in [5.41, 5.74) is 3.13. The molecule has 2 rings (SSSR count). The third-order valence-corrected chi connectivity index (χ3v) is 3.39. The van der Waals surface area contributed by atoms with Gasteiger partial charge in [0.15, 0.2) is 0 Å². The first kappa shape index (κ1) is 15.8. The van der Waals surface area contributed by atoms with Gasteiger partial charge in [0.05, 0.1) is 0 Å². The number of anilines is 1. The van der Waals surface area contributed by atoms with E-state index in [2.05, 4.69) is 5.32 Å². The molecule has 22 heavy (non-hydrogen) atoms. The van der Waals surface area contributed by atoms with Gasteiger partial charge in [-0.05, 0) is 17.5 Å². The number of amides is 2. The van der Waals surface area contributed by atoms with Crippen LogP contribution in [-0.4, -0.2) is 37.7 Å². The molecule has 0 saturated heterocycles. The van der Waals surface area contributed by atoms with Crippen molar-refractivity contribution in [2.24, 2.45) is 0 Å². The fraction of sp³-hybridized carbons (Fsp3) is 0.250. The molecule has 0 aromatic heterocycles. The van der Waals surface area contributed by atoms with Crippen molar-refractivity contribution in [3.63, 3.8) is 0 Å². The smallest absolute Gasteiger partial charge is 0.251 e. The summed E-state index contributed by atoms with van der Waals surface area (Å²) in [4.78, 5) is 25.2. The molecular weight excluding hydrogens is 282 g/mol. The van der Waals surface area contributed by atoms with Gasteiger partial charge < -0.3 is 10.2 Å². The minimum Gasteiger partial charge on any atom is -0.377 e. The molecule has 3 N–H and O–H groups in total. The normalized spacial score (nSPS) is 10.3. The van der Waals surface area contributed by atoms with E-state index in [1.54, 1.807) is 6.07 Å². The van der Waals surface area contributed by atoms with Crippen molar-refractivity contribution in [1.29, 1.82) is 0 Å². The molecule has 0 heterocycles. The first-order chi connectivity index (χ1) is 10.5. The number of carbonyl (C=O) groups excluding carboxylic acids is 2. The molecule has 2 amide bonds. The fourth-order valence-corrected chi connectivity index (χ4v) is 2.31. The number of nitrogens with one attached hydrogen (secondary N) is 2. The maximum Gasteiger partial charge on any atom is 0.251 e. The van der Waals surface area contributed by atoms with Gasteiger partial charge >= 0.3 is 0 Å². The van der Waals surface area contributed by atoms with E-state index >= 15 is 0 Å². The summed E-state index contributed by atoms with van der Waals surface area (Å²) in [5.74, 6) is -0.777. The molecule has 0 aliphatic rings. The molecule has 0 saturated carbocycles. The second kappa shape index (κ2) is 6.91. The molecule has 0 aliphatic carbocycles. The van der Waals surface area contributed by atoms with Crippen LogP contribution in [0.3, 0.4) is 0 Å². The lowest BCUT2D eigenvalue weighted by molar-refractivity contribution is -0.129. The lowest BCUT2D eigenvalue weighted by Gasteiger charge is -2.17. The van der Waals surface area contributed by atoms with Crippen LogP contribution >= 0.6 is 0 Å². The Balaban J connectivity index is 2.26. The van der Waals surface area contributed by atoms with E-state index in [9.17, 15) is 9.59 Å². The van der Waals surface area contributed by atoms with E-state index in [0.29, 0.717) is 5.56 Å². The summed E-state index contributed by atoms with van der Waals surface area (Å²) in [7, 11) is 3.91. The Labute approximate surface area is 128 Å². The van der Waals surface area contributed by atoms with Gasteiger partial charge in [0.2, 0.25) is 5.91 Å². The Morgan fingerprint density at radius 1 is 1.09 bits per heavy atom. The summed E-state index contributed by atoms with van der Waals surface area (Å²) < 4.78 is 0. The number of carbonyl (C=O) groups is 2. The molecule has 0 radical (unpaired) electrons. The molecule has 0 unspecified atom stereocenters. The first-order valence-electron chi connectivity index (χ1n) is 6.95. The van der Waals surface area contributed by atoms with E-state index in [1.807, 2.05) is 49.3 Å². The highest BCUT2D eigenvalue weighted by Gasteiger charge is 2.13. The van der Waals surface area contributed by atoms with Crippen LogP contribution in [0.1, 0.15) is 16.8 Å². The molecule has 116 valence electrons. The molecule has 2 aromatic rings. The van der Waals surface area contributed by atoms with Gasteiger partial charge in [-0.25, -0.2) is 5.48 Å². The van der Waals surface area contributed by atoms with Crippen molar-refractivity contribution in [3.05, 3.63) is 42.0 Å². The highest BCUT2D eigenvalue weighted by molar-refractivity contribution is 6.10. The number of benzene rings is 2. The van der Waals surface area contributed by atoms with Gasteiger partial charge in [-0.2, -0.15) is 0 Å². The maximum absolute atomic E-state index is 12.3. The standard InChI is InChI=1S/C16H19N3O3/c1-19(2)14-8-7-13(11-5-3-4-6-12(11)14)16(21)17-10-9-15(20)18-22/h3-8,22H,9-10H2,1-2H3,(H,17,21)(H,18,20). The third-order valence-electron chi connectivity index (χ3n) is 3.39. The summed E-state index contributed by atoms with van der Waals surface area (Å²) in [6.45, 7) is 0.162. The molecule has 0 atom stereocenters. The zero-order valence-corrected chi connectivity index (χ0v) is 12.6. The van der Waals surface area contributed by atoms with E-state index in [0.717, 1.165) is 16.5 Å². The Bertz CT molecular complexity index is 698. The predicted octanol–water partition coefficient (Wildman–Crippen LogP) is 1.53. The number of hydrogen-bond acceptors (Lipinski definition) is 4. The Kier molecular flexibility index (Phi) is 4.95. The third kappa shape index (κ3) is 3.35. The van der Waals surface area contributed by atoms with Crippen molar-refractivity contribution >= 4 is 28.3 Å². The predicted molar refractivity (Wildman–Crippen MR) is 85.2 cm³/mol. The van der Waals surface area contributed by atoms with Gasteiger partial charge in [-0.3, -0.25) is 14.8 Å². The van der Waals surface area contributed by atoms with Crippen LogP contribution in [-0.2, 0) is 4.79 Å². The molecule has 0 spiro atoms. The van der Waals surface area contributed by atoms with Crippen LogP contribution < -0.4 is 15.7 Å². The van der Waals surface area contributed by atoms with Gasteiger partial charge in [0, 0.05) is 43.7 Å². The average Bonchev–Trinajstić information content (AvgIpc) is 2.53. The van der Waals surface area contributed by atoms with Crippen molar-refractivity contribution in [3.8, 4) is 0 Å². The van der Waals surface area contributed by atoms with Crippen molar-refractivity contribution in [2.75, 3.05) is 25.5 Å². The minimum atomic E-state index is -0.534. The molecular formula is C16H19N3O3. The summed E-state index contributed by atoms with van der Waals surface area (Å²) in [5, 5.41) is 13.0. The van der Waals surface area contributed by atoms with Crippen LogP contribution in [0, 0.1) is 0 Å². The highest BCUT2D eigenvalue weighted by atomic mass is 16.5. The number of fused-ring (bicyclic) bond motifs is 1. The number of rotatable bonds is 5. The monoisotopic (exact) mass is 301 g/mol. The number of nitrogens with zero attached hydrogens (tertiary/aromatic N) is 1. The zero-order chi connectivity index (χ0) is 16.1. The van der Waals surface area contributed by atoms with Crippen LogP contribution in [0.25, 0.3) is 10.8 Å². The topological polar surface area (TPSA) is 81.7 Å². The molecule has 2 aromatic carbocycles. The quantitative estimate of drug-likeness (QED) is 0.578. The summed E-state index contributed by atoms with van der Waals surface area (Å²) in [6.07, 6.45) is 0.0238. The summed E-state index contributed by atoms with van der Waals surface area (Å²) in [6, 6.07) is 11.4. The average molecular weight is 301 g/mol. The highest BCUT2D eigenvalue weighted by Crippen LogP contribution is 2.28. The van der Waals surface area contributed by atoms with Crippen molar-refractivity contribution in [1.82, 2.24) is 10.8 Å². The molecule has 0 fully saturated rings. The van der Waals surface area contributed by atoms with Crippen molar-refractivity contribution < 1.29 is 14.8 Å². The van der Waals surface area contributed by atoms with Crippen LogP contribution in [0.2, 0.25) is 0 Å². The van der Waals surface area contributed by atoms with E-state index in [-0.39, 0.29) is 18.9 Å². The van der Waals surface area contributed by atoms with E-state index < -0.39 is 5.91 Å². The van der Waals surface area contributed by atoms with Crippen molar-refractivity contribution in [2.45, 2.75) is 6.42 Å². The fourth-order valence-electron chi connectivity index (χ4n) is 2.31. The lowest BCUT2D eigenvalue weighted by atomic mass is 10.0. The number of hydrogen-bond donors (Lipinski definition) is 3. The second-order valence-corrected chi connectivity index (χ2v) is 5.11. The largest absolute Gasteiger partial charge is 0.377 e. The van der Waals surface area contributed by atoms with Gasteiger partial charge in [0.25, 0.3) is 5.91 Å². The SMILES string of the molecule is CN(C)c1ccc(C(=O)NCCC(=O)NO)c2ccccc12. The molecule has 0 aliphatic heterocycles. The van der Waals surface area contributed by atoms with Gasteiger partial charge in [-0.15, -0.1) is 0 Å². The van der Waals surface area contributed by atoms with Crippen LogP contribution in [0.5, 0.6) is 0 Å². The van der Waals surface area contributed by atoms with Crippen LogP contribution in [0.15, 0.2) is 36.4 Å². The Hall–Kier alpha value is -2.60. The zero-order valence-electron chi connectivity index (χ0n) is 12.6. The minimum absolute atomic E-state index is 0.0238. The van der Waals surface area contributed by atoms with Gasteiger partial charge in [0.1, 0.15) is 0 Å². The number of hydroxylamine groups is 1. The van der Waals surface area contributed by atoms with E-state index in [4.69, 9.17) is 5.21 Å². The molecule has 6 heteroatoms. The summed E-state index contributed by atoms with van der Waals surface area (Å²) >= 11 is 0. The maximum atomic E-state index is 12.3. The second-order valence-electron chi connectivity index (χ2n) is 5.11. The Morgan fingerprint density at radius 3 is 2.41 bits per heavy atom. The molecule has 6 nitrogen and oxygen atoms in total. The first-order valence-corrected chi connectivity index (χ1v) is 6.95. The van der Waals surface area contributed by atoms with Crippen LogP contribution in [0.4, 0.5) is 5.69 Å². The Morgan fingerprint density at radius 2 is 1.77 bits per heavy atom. The molecule has 0 bridgehead atoms.